The molecule has 0 bridgehead atoms. The first kappa shape index (κ1) is 14.0. The highest BCUT2D eigenvalue weighted by atomic mass is 16.1. The average molecular weight is 300 g/mol. The van der Waals surface area contributed by atoms with E-state index in [1.807, 2.05) is 0 Å². The molecule has 2 saturated carbocycles. The first-order valence-electron chi connectivity index (χ1n) is 8.69. The van der Waals surface area contributed by atoms with Crippen LogP contribution in [-0.4, -0.2) is 20.7 Å². The van der Waals surface area contributed by atoms with Crippen LogP contribution in [0.1, 0.15) is 81.4 Å². The van der Waals surface area contributed by atoms with Gasteiger partial charge in [0, 0.05) is 18.4 Å². The van der Waals surface area contributed by atoms with Gasteiger partial charge in [-0.15, -0.1) is 10.2 Å². The van der Waals surface area contributed by atoms with Gasteiger partial charge in [-0.3, -0.25) is 4.79 Å². The van der Waals surface area contributed by atoms with Crippen molar-refractivity contribution in [1.29, 1.82) is 0 Å². The standard InChI is InChI=1S/C17H24N4O/c22-16(10-12-4-2-1-3-5-12)18-11-15-19-20-17(13-6-7-13)21(15)14-8-9-14/h4,13-14H,1-3,5-11H2,(H,18,22). The number of amides is 1. The van der Waals surface area contributed by atoms with Crippen molar-refractivity contribution in [3.63, 3.8) is 0 Å². The zero-order valence-electron chi connectivity index (χ0n) is 13.1. The summed E-state index contributed by atoms with van der Waals surface area (Å²) >= 11 is 0. The van der Waals surface area contributed by atoms with E-state index in [1.165, 1.54) is 44.1 Å². The Morgan fingerprint density at radius 1 is 1.23 bits per heavy atom. The molecule has 3 aliphatic carbocycles. The smallest absolute Gasteiger partial charge is 0.224 e. The number of allylic oxidation sites excluding steroid dienone is 1. The third-order valence-corrected chi connectivity index (χ3v) is 4.86. The number of carbonyl (C=O) groups is 1. The lowest BCUT2D eigenvalue weighted by atomic mass is 9.97. The Kier molecular flexibility index (Phi) is 3.72. The molecule has 0 unspecified atom stereocenters. The summed E-state index contributed by atoms with van der Waals surface area (Å²) in [6.45, 7) is 0.516. The van der Waals surface area contributed by atoms with E-state index in [9.17, 15) is 4.79 Å². The van der Waals surface area contributed by atoms with Crippen LogP contribution in [0, 0.1) is 0 Å². The number of rotatable bonds is 6. The van der Waals surface area contributed by atoms with Crippen LogP contribution in [0.3, 0.4) is 0 Å². The van der Waals surface area contributed by atoms with E-state index in [2.05, 4.69) is 26.2 Å². The summed E-state index contributed by atoms with van der Waals surface area (Å²) in [5, 5.41) is 11.8. The van der Waals surface area contributed by atoms with E-state index in [0.29, 0.717) is 24.9 Å². The molecule has 1 aromatic heterocycles. The first-order chi connectivity index (χ1) is 10.8. The van der Waals surface area contributed by atoms with Crippen molar-refractivity contribution in [2.75, 3.05) is 0 Å². The van der Waals surface area contributed by atoms with Crippen LogP contribution in [0.25, 0.3) is 0 Å². The fraction of sp³-hybridized carbons (Fsp3) is 0.706. The SMILES string of the molecule is O=C(CC1=CCCCC1)NCc1nnc(C2CC2)n1C1CC1. The van der Waals surface area contributed by atoms with Gasteiger partial charge in [-0.25, -0.2) is 0 Å². The van der Waals surface area contributed by atoms with E-state index in [4.69, 9.17) is 0 Å². The van der Waals surface area contributed by atoms with Crippen molar-refractivity contribution < 1.29 is 4.79 Å². The highest BCUT2D eigenvalue weighted by Crippen LogP contribution is 2.44. The van der Waals surface area contributed by atoms with Crippen molar-refractivity contribution in [2.45, 2.75) is 76.3 Å². The molecule has 1 aromatic rings. The number of hydrogen-bond acceptors (Lipinski definition) is 3. The van der Waals surface area contributed by atoms with Crippen molar-refractivity contribution in [3.8, 4) is 0 Å². The summed E-state index contributed by atoms with van der Waals surface area (Å²) in [7, 11) is 0. The average Bonchev–Trinajstić information content (AvgIpc) is 3.45. The summed E-state index contributed by atoms with van der Waals surface area (Å²) in [5.41, 5.74) is 1.30. The third-order valence-electron chi connectivity index (χ3n) is 4.86. The van der Waals surface area contributed by atoms with Gasteiger partial charge in [-0.1, -0.05) is 11.6 Å². The normalized spacial score (nSPS) is 21.5. The van der Waals surface area contributed by atoms with Gasteiger partial charge in [0.2, 0.25) is 5.91 Å². The Morgan fingerprint density at radius 3 is 2.77 bits per heavy atom. The molecule has 2 fully saturated rings. The minimum Gasteiger partial charge on any atom is -0.349 e. The Labute approximate surface area is 131 Å². The highest BCUT2D eigenvalue weighted by molar-refractivity contribution is 5.78. The zero-order chi connectivity index (χ0) is 14.9. The van der Waals surface area contributed by atoms with Gasteiger partial charge >= 0.3 is 0 Å². The van der Waals surface area contributed by atoms with Crippen molar-refractivity contribution >= 4 is 5.91 Å². The van der Waals surface area contributed by atoms with E-state index in [1.54, 1.807) is 0 Å². The number of carbonyl (C=O) groups excluding carboxylic acids is 1. The Morgan fingerprint density at radius 2 is 2.09 bits per heavy atom. The predicted octanol–water partition coefficient (Wildman–Crippen LogP) is 3.00. The minimum absolute atomic E-state index is 0.117. The highest BCUT2D eigenvalue weighted by Gasteiger charge is 2.36. The molecule has 0 radical (unpaired) electrons. The molecule has 4 rings (SSSR count). The minimum atomic E-state index is 0.117. The largest absolute Gasteiger partial charge is 0.349 e. The summed E-state index contributed by atoms with van der Waals surface area (Å²) < 4.78 is 2.30. The number of aromatic nitrogens is 3. The van der Waals surface area contributed by atoms with Gasteiger partial charge in [0.15, 0.2) is 5.82 Å². The molecule has 1 heterocycles. The summed E-state index contributed by atoms with van der Waals surface area (Å²) in [4.78, 5) is 12.1. The summed E-state index contributed by atoms with van der Waals surface area (Å²) in [6, 6.07) is 0.582. The molecule has 22 heavy (non-hydrogen) atoms. The molecule has 5 nitrogen and oxygen atoms in total. The van der Waals surface area contributed by atoms with Crippen LogP contribution in [0.2, 0.25) is 0 Å². The molecule has 1 amide bonds. The lowest BCUT2D eigenvalue weighted by molar-refractivity contribution is -0.120. The number of hydrogen-bond donors (Lipinski definition) is 1. The van der Waals surface area contributed by atoms with E-state index in [0.717, 1.165) is 24.5 Å². The fourth-order valence-electron chi connectivity index (χ4n) is 3.32. The van der Waals surface area contributed by atoms with Crippen LogP contribution >= 0.6 is 0 Å². The van der Waals surface area contributed by atoms with Crippen LogP contribution in [0.15, 0.2) is 11.6 Å². The molecule has 0 spiro atoms. The Bertz CT molecular complexity index is 596. The monoisotopic (exact) mass is 300 g/mol. The molecule has 1 N–H and O–H groups in total. The number of nitrogens with one attached hydrogen (secondary N) is 1. The molecular formula is C17H24N4O. The Balaban J connectivity index is 1.37. The van der Waals surface area contributed by atoms with Gasteiger partial charge in [-0.2, -0.15) is 0 Å². The van der Waals surface area contributed by atoms with E-state index < -0.39 is 0 Å². The topological polar surface area (TPSA) is 59.8 Å². The molecule has 0 aliphatic heterocycles. The number of nitrogens with zero attached hydrogens (tertiary/aromatic N) is 3. The third kappa shape index (κ3) is 3.08. The molecule has 0 atom stereocenters. The van der Waals surface area contributed by atoms with Crippen LogP contribution in [0.5, 0.6) is 0 Å². The van der Waals surface area contributed by atoms with Gasteiger partial charge < -0.3 is 9.88 Å². The molecule has 5 heteroatoms. The van der Waals surface area contributed by atoms with Crippen molar-refractivity contribution in [1.82, 2.24) is 20.1 Å². The lowest BCUT2D eigenvalue weighted by Gasteiger charge is -2.13. The fourth-order valence-corrected chi connectivity index (χ4v) is 3.32. The first-order valence-corrected chi connectivity index (χ1v) is 8.69. The summed E-state index contributed by atoms with van der Waals surface area (Å²) in [5.74, 6) is 2.83. The van der Waals surface area contributed by atoms with Gasteiger partial charge in [-0.05, 0) is 51.4 Å². The molecular weight excluding hydrogens is 276 g/mol. The second kappa shape index (κ2) is 5.86. The van der Waals surface area contributed by atoms with E-state index in [-0.39, 0.29) is 5.91 Å². The Hall–Kier alpha value is -1.65. The second-order valence-electron chi connectivity index (χ2n) is 6.91. The lowest BCUT2D eigenvalue weighted by Crippen LogP contribution is -2.25. The second-order valence-corrected chi connectivity index (χ2v) is 6.91. The molecule has 118 valence electrons. The van der Waals surface area contributed by atoms with Crippen molar-refractivity contribution in [2.24, 2.45) is 0 Å². The zero-order valence-corrected chi connectivity index (χ0v) is 13.1. The molecule has 0 aromatic carbocycles. The van der Waals surface area contributed by atoms with Gasteiger partial charge in [0.25, 0.3) is 0 Å². The maximum atomic E-state index is 12.1. The van der Waals surface area contributed by atoms with Crippen molar-refractivity contribution in [3.05, 3.63) is 23.3 Å². The molecule has 3 aliphatic rings. The quantitative estimate of drug-likeness (QED) is 0.822. The maximum absolute atomic E-state index is 12.1. The van der Waals surface area contributed by atoms with Gasteiger partial charge in [0.1, 0.15) is 5.82 Å². The predicted molar refractivity (Wildman–Crippen MR) is 83.3 cm³/mol. The molecule has 0 saturated heterocycles. The maximum Gasteiger partial charge on any atom is 0.224 e. The van der Waals surface area contributed by atoms with Gasteiger partial charge in [0.05, 0.1) is 6.54 Å². The van der Waals surface area contributed by atoms with Crippen LogP contribution in [0.4, 0.5) is 0 Å². The summed E-state index contributed by atoms with van der Waals surface area (Å²) in [6.07, 6.45) is 12.4. The van der Waals surface area contributed by atoms with E-state index >= 15 is 0 Å². The van der Waals surface area contributed by atoms with Crippen LogP contribution < -0.4 is 5.32 Å². The van der Waals surface area contributed by atoms with Crippen LogP contribution in [-0.2, 0) is 11.3 Å².